The van der Waals surface area contributed by atoms with Crippen molar-refractivity contribution >= 4 is 5.91 Å². The SMILES string of the molecule is COCC(C)NC(=O)CN(CCO)CC(F)F. The number of carbonyl (C=O) groups excluding carboxylic acids is 1. The van der Waals surface area contributed by atoms with Crippen molar-refractivity contribution in [2.75, 3.05) is 40.0 Å². The van der Waals surface area contributed by atoms with Gasteiger partial charge in [-0.2, -0.15) is 0 Å². The van der Waals surface area contributed by atoms with E-state index in [0.717, 1.165) is 0 Å². The number of aliphatic hydroxyl groups is 1. The van der Waals surface area contributed by atoms with Crippen LogP contribution in [-0.2, 0) is 9.53 Å². The van der Waals surface area contributed by atoms with Gasteiger partial charge in [-0.25, -0.2) is 8.78 Å². The monoisotopic (exact) mass is 254 g/mol. The largest absolute Gasteiger partial charge is 0.395 e. The van der Waals surface area contributed by atoms with E-state index in [-0.39, 0.29) is 31.6 Å². The zero-order valence-electron chi connectivity index (χ0n) is 10.2. The Morgan fingerprint density at radius 1 is 1.53 bits per heavy atom. The van der Waals surface area contributed by atoms with E-state index in [2.05, 4.69) is 5.32 Å². The number of alkyl halides is 2. The maximum absolute atomic E-state index is 12.2. The predicted molar refractivity (Wildman–Crippen MR) is 59.0 cm³/mol. The van der Waals surface area contributed by atoms with Gasteiger partial charge >= 0.3 is 0 Å². The highest BCUT2D eigenvalue weighted by Crippen LogP contribution is 1.98. The third kappa shape index (κ3) is 8.96. The highest BCUT2D eigenvalue weighted by molar-refractivity contribution is 5.78. The zero-order chi connectivity index (χ0) is 13.3. The lowest BCUT2D eigenvalue weighted by molar-refractivity contribution is -0.123. The van der Waals surface area contributed by atoms with Crippen LogP contribution in [0, 0.1) is 0 Å². The van der Waals surface area contributed by atoms with Crippen molar-refractivity contribution in [2.24, 2.45) is 0 Å². The van der Waals surface area contributed by atoms with Gasteiger partial charge in [-0.3, -0.25) is 9.69 Å². The molecule has 1 atom stereocenters. The van der Waals surface area contributed by atoms with E-state index in [4.69, 9.17) is 9.84 Å². The molecule has 0 saturated heterocycles. The van der Waals surface area contributed by atoms with Crippen LogP contribution in [0.15, 0.2) is 0 Å². The van der Waals surface area contributed by atoms with Crippen LogP contribution in [0.5, 0.6) is 0 Å². The Morgan fingerprint density at radius 2 is 2.18 bits per heavy atom. The summed E-state index contributed by atoms with van der Waals surface area (Å²) in [5.74, 6) is -0.358. The van der Waals surface area contributed by atoms with E-state index in [1.165, 1.54) is 12.0 Å². The van der Waals surface area contributed by atoms with E-state index >= 15 is 0 Å². The summed E-state index contributed by atoms with van der Waals surface area (Å²) in [6.45, 7) is 1.24. The Hall–Kier alpha value is -0.790. The summed E-state index contributed by atoms with van der Waals surface area (Å²) in [6, 6.07) is -0.171. The number of amides is 1. The van der Waals surface area contributed by atoms with Gasteiger partial charge in [0.25, 0.3) is 6.43 Å². The van der Waals surface area contributed by atoms with Crippen molar-refractivity contribution in [1.29, 1.82) is 0 Å². The first-order valence-corrected chi connectivity index (χ1v) is 5.39. The number of nitrogens with one attached hydrogen (secondary N) is 1. The Morgan fingerprint density at radius 3 is 2.65 bits per heavy atom. The number of hydrogen-bond acceptors (Lipinski definition) is 4. The van der Waals surface area contributed by atoms with Crippen LogP contribution in [0.3, 0.4) is 0 Å². The summed E-state index contributed by atoms with van der Waals surface area (Å²) >= 11 is 0. The van der Waals surface area contributed by atoms with E-state index in [1.54, 1.807) is 6.92 Å². The maximum Gasteiger partial charge on any atom is 0.251 e. The van der Waals surface area contributed by atoms with Crippen LogP contribution in [0.4, 0.5) is 8.78 Å². The molecule has 102 valence electrons. The summed E-state index contributed by atoms with van der Waals surface area (Å²) in [4.78, 5) is 12.7. The normalized spacial score (nSPS) is 13.1. The molecule has 0 aliphatic rings. The topological polar surface area (TPSA) is 61.8 Å². The van der Waals surface area contributed by atoms with E-state index < -0.39 is 13.0 Å². The first-order valence-electron chi connectivity index (χ1n) is 5.39. The summed E-state index contributed by atoms with van der Waals surface area (Å²) in [6.07, 6.45) is -2.52. The number of aliphatic hydroxyl groups excluding tert-OH is 1. The van der Waals surface area contributed by atoms with Crippen LogP contribution in [0.1, 0.15) is 6.92 Å². The van der Waals surface area contributed by atoms with Crippen molar-refractivity contribution in [3.05, 3.63) is 0 Å². The number of hydrogen-bond donors (Lipinski definition) is 2. The molecule has 0 heterocycles. The molecule has 0 saturated carbocycles. The molecule has 5 nitrogen and oxygen atoms in total. The second-order valence-corrected chi connectivity index (χ2v) is 3.77. The Kier molecular flexibility index (Phi) is 8.83. The number of halogens is 2. The van der Waals surface area contributed by atoms with Crippen molar-refractivity contribution in [2.45, 2.75) is 19.4 Å². The quantitative estimate of drug-likeness (QED) is 0.593. The van der Waals surface area contributed by atoms with E-state index in [9.17, 15) is 13.6 Å². The molecule has 0 aromatic heterocycles. The summed E-state index contributed by atoms with van der Waals surface area (Å²) < 4.78 is 29.2. The van der Waals surface area contributed by atoms with Gasteiger partial charge in [0, 0.05) is 19.7 Å². The fourth-order valence-corrected chi connectivity index (χ4v) is 1.39. The lowest BCUT2D eigenvalue weighted by Crippen LogP contribution is -2.44. The van der Waals surface area contributed by atoms with E-state index in [0.29, 0.717) is 6.61 Å². The number of carbonyl (C=O) groups is 1. The fourth-order valence-electron chi connectivity index (χ4n) is 1.39. The Bertz CT molecular complexity index is 218. The average Bonchev–Trinajstić information content (AvgIpc) is 2.16. The molecule has 2 N–H and O–H groups in total. The highest BCUT2D eigenvalue weighted by Gasteiger charge is 2.16. The maximum atomic E-state index is 12.2. The molecular formula is C10H20F2N2O3. The van der Waals surface area contributed by atoms with Crippen LogP contribution in [0.25, 0.3) is 0 Å². The van der Waals surface area contributed by atoms with Gasteiger partial charge < -0.3 is 15.2 Å². The standard InChI is InChI=1S/C10H20F2N2O3/c1-8(7-17-2)13-10(16)6-14(3-4-15)5-9(11)12/h8-9,15H,3-7H2,1-2H3,(H,13,16). The number of rotatable bonds is 9. The molecule has 1 amide bonds. The van der Waals surface area contributed by atoms with Crippen molar-refractivity contribution in [1.82, 2.24) is 10.2 Å². The summed E-state index contributed by atoms with van der Waals surface area (Å²) in [5, 5.41) is 11.3. The van der Waals surface area contributed by atoms with Crippen LogP contribution < -0.4 is 5.32 Å². The predicted octanol–water partition coefficient (Wildman–Crippen LogP) is -0.303. The van der Waals surface area contributed by atoms with Gasteiger partial charge in [0.2, 0.25) is 5.91 Å². The van der Waals surface area contributed by atoms with E-state index in [1.807, 2.05) is 0 Å². The Labute approximate surface area is 99.7 Å². The van der Waals surface area contributed by atoms with Crippen molar-refractivity contribution < 1.29 is 23.4 Å². The third-order valence-electron chi connectivity index (χ3n) is 2.00. The minimum atomic E-state index is -2.52. The molecule has 7 heteroatoms. The highest BCUT2D eigenvalue weighted by atomic mass is 19.3. The summed E-state index contributed by atoms with van der Waals surface area (Å²) in [7, 11) is 1.51. The van der Waals surface area contributed by atoms with Crippen LogP contribution in [-0.4, -0.2) is 68.3 Å². The molecule has 0 spiro atoms. The second-order valence-electron chi connectivity index (χ2n) is 3.77. The van der Waals surface area contributed by atoms with Gasteiger partial charge in [-0.1, -0.05) is 0 Å². The molecule has 0 rings (SSSR count). The minimum absolute atomic E-state index is 0.0520. The number of ether oxygens (including phenoxy) is 1. The van der Waals surface area contributed by atoms with Gasteiger partial charge in [-0.05, 0) is 6.92 Å². The van der Waals surface area contributed by atoms with Gasteiger partial charge in [0.1, 0.15) is 0 Å². The number of methoxy groups -OCH3 is 1. The second kappa shape index (κ2) is 9.26. The van der Waals surface area contributed by atoms with Gasteiger partial charge in [0.15, 0.2) is 0 Å². The number of nitrogens with zero attached hydrogens (tertiary/aromatic N) is 1. The molecule has 0 radical (unpaired) electrons. The minimum Gasteiger partial charge on any atom is -0.395 e. The van der Waals surface area contributed by atoms with Crippen LogP contribution >= 0.6 is 0 Å². The molecule has 1 unspecified atom stereocenters. The van der Waals surface area contributed by atoms with Crippen LogP contribution in [0.2, 0.25) is 0 Å². The first-order chi connectivity index (χ1) is 7.99. The van der Waals surface area contributed by atoms with Gasteiger partial charge in [0.05, 0.1) is 26.3 Å². The fraction of sp³-hybridized carbons (Fsp3) is 0.900. The zero-order valence-corrected chi connectivity index (χ0v) is 10.2. The molecule has 0 aliphatic carbocycles. The first kappa shape index (κ1) is 16.2. The average molecular weight is 254 g/mol. The van der Waals surface area contributed by atoms with Crippen molar-refractivity contribution in [3.8, 4) is 0 Å². The Balaban J connectivity index is 4.02. The molecule has 17 heavy (non-hydrogen) atoms. The smallest absolute Gasteiger partial charge is 0.251 e. The molecule has 0 aromatic rings. The van der Waals surface area contributed by atoms with Gasteiger partial charge in [-0.15, -0.1) is 0 Å². The lowest BCUT2D eigenvalue weighted by Gasteiger charge is -2.21. The molecule has 0 bridgehead atoms. The molecular weight excluding hydrogens is 234 g/mol. The molecule has 0 aromatic carbocycles. The molecule has 0 aliphatic heterocycles. The van der Waals surface area contributed by atoms with Crippen molar-refractivity contribution in [3.63, 3.8) is 0 Å². The third-order valence-corrected chi connectivity index (χ3v) is 2.00. The lowest BCUT2D eigenvalue weighted by atomic mass is 10.3. The summed E-state index contributed by atoms with van der Waals surface area (Å²) in [5.41, 5.74) is 0. The molecule has 0 fully saturated rings.